The predicted octanol–water partition coefficient (Wildman–Crippen LogP) is 6.41. The van der Waals surface area contributed by atoms with Crippen LogP contribution in [0.15, 0.2) is 102 Å². The lowest BCUT2D eigenvalue weighted by Gasteiger charge is -2.28. The maximum Gasteiger partial charge on any atom is 0.0933 e. The predicted molar refractivity (Wildman–Crippen MR) is 136 cm³/mol. The minimum absolute atomic E-state index is 0.265. The van der Waals surface area contributed by atoms with E-state index in [-0.39, 0.29) is 6.04 Å². The highest BCUT2D eigenvalue weighted by molar-refractivity contribution is 6.06. The molecule has 3 aromatic carbocycles. The van der Waals surface area contributed by atoms with Crippen molar-refractivity contribution < 1.29 is 0 Å². The number of para-hydroxylation sites is 2. The standard InChI is InChI=1S/C29H22N4/c1-19-26-17-15-22-7-3-5-9-28(22)33(26)31-29(19)23-12-10-20(11-13-23)25-18-24-16-14-21-6-2-4-8-27(21)32(24)30-25/h2-19,26H,1H3. The second-order valence-corrected chi connectivity index (χ2v) is 8.86. The highest BCUT2D eigenvalue weighted by Crippen LogP contribution is 2.37. The molecule has 2 aliphatic heterocycles. The first-order valence-corrected chi connectivity index (χ1v) is 11.4. The van der Waals surface area contributed by atoms with Crippen molar-refractivity contribution >= 4 is 33.9 Å². The third-order valence-corrected chi connectivity index (χ3v) is 6.91. The summed E-state index contributed by atoms with van der Waals surface area (Å²) in [5, 5.41) is 13.3. The van der Waals surface area contributed by atoms with E-state index in [0.29, 0.717) is 5.92 Å². The van der Waals surface area contributed by atoms with Gasteiger partial charge in [-0.05, 0) is 35.4 Å². The van der Waals surface area contributed by atoms with E-state index in [4.69, 9.17) is 10.2 Å². The summed E-state index contributed by atoms with van der Waals surface area (Å²) in [7, 11) is 0. The number of hydrazone groups is 1. The largest absolute Gasteiger partial charge is 0.257 e. The molecule has 4 heteroatoms. The second-order valence-electron chi connectivity index (χ2n) is 8.86. The van der Waals surface area contributed by atoms with Crippen LogP contribution in [-0.2, 0) is 0 Å². The highest BCUT2D eigenvalue weighted by Gasteiger charge is 2.36. The van der Waals surface area contributed by atoms with Crippen molar-refractivity contribution in [3.63, 3.8) is 0 Å². The summed E-state index contributed by atoms with van der Waals surface area (Å²) in [5.74, 6) is 0.321. The molecule has 0 saturated carbocycles. The molecular formula is C29H22N4. The molecule has 2 atom stereocenters. The molecule has 4 heterocycles. The third kappa shape index (κ3) is 2.77. The van der Waals surface area contributed by atoms with E-state index < -0.39 is 0 Å². The molecule has 0 amide bonds. The number of rotatable bonds is 2. The van der Waals surface area contributed by atoms with Gasteiger partial charge >= 0.3 is 0 Å². The second kappa shape index (κ2) is 6.91. The van der Waals surface area contributed by atoms with Gasteiger partial charge in [-0.3, -0.25) is 5.01 Å². The first-order chi connectivity index (χ1) is 16.3. The summed E-state index contributed by atoms with van der Waals surface area (Å²) in [4.78, 5) is 0. The molecule has 2 aliphatic rings. The van der Waals surface area contributed by atoms with E-state index in [1.807, 2.05) is 4.52 Å². The van der Waals surface area contributed by atoms with Crippen molar-refractivity contribution in [1.29, 1.82) is 0 Å². The van der Waals surface area contributed by atoms with Gasteiger partial charge in [0.05, 0.1) is 34.2 Å². The van der Waals surface area contributed by atoms with Crippen molar-refractivity contribution in [1.82, 2.24) is 9.61 Å². The van der Waals surface area contributed by atoms with Crippen LogP contribution in [0.1, 0.15) is 18.1 Å². The summed E-state index contributed by atoms with van der Waals surface area (Å²) >= 11 is 0. The van der Waals surface area contributed by atoms with Crippen molar-refractivity contribution in [2.45, 2.75) is 13.0 Å². The van der Waals surface area contributed by atoms with Crippen LogP contribution >= 0.6 is 0 Å². The zero-order valence-corrected chi connectivity index (χ0v) is 18.3. The average Bonchev–Trinajstić information content (AvgIpc) is 3.46. The molecule has 33 heavy (non-hydrogen) atoms. The molecule has 0 bridgehead atoms. The van der Waals surface area contributed by atoms with Gasteiger partial charge in [0.15, 0.2) is 0 Å². The van der Waals surface area contributed by atoms with Gasteiger partial charge in [0, 0.05) is 16.9 Å². The molecule has 0 aliphatic carbocycles. The molecule has 0 fully saturated rings. The lowest BCUT2D eigenvalue weighted by atomic mass is 9.90. The van der Waals surface area contributed by atoms with Crippen LogP contribution in [0.2, 0.25) is 0 Å². The monoisotopic (exact) mass is 426 g/mol. The van der Waals surface area contributed by atoms with Crippen LogP contribution in [0.25, 0.3) is 33.8 Å². The molecule has 158 valence electrons. The molecule has 0 N–H and O–H groups in total. The molecular weight excluding hydrogens is 404 g/mol. The molecule has 4 nitrogen and oxygen atoms in total. The summed E-state index contributed by atoms with van der Waals surface area (Å²) in [6.07, 6.45) is 4.50. The summed E-state index contributed by atoms with van der Waals surface area (Å²) < 4.78 is 2.03. The Balaban J connectivity index is 1.25. The van der Waals surface area contributed by atoms with Crippen LogP contribution in [0, 0.1) is 5.92 Å². The van der Waals surface area contributed by atoms with Crippen LogP contribution in [0.3, 0.4) is 0 Å². The number of nitrogens with zero attached hydrogens (tertiary/aromatic N) is 4. The zero-order valence-electron chi connectivity index (χ0n) is 18.3. The van der Waals surface area contributed by atoms with Gasteiger partial charge < -0.3 is 0 Å². The van der Waals surface area contributed by atoms with Gasteiger partial charge in [0.25, 0.3) is 0 Å². The Morgan fingerprint density at radius 1 is 0.788 bits per heavy atom. The summed E-state index contributed by atoms with van der Waals surface area (Å²) in [5.41, 5.74) is 9.02. The van der Waals surface area contributed by atoms with Gasteiger partial charge in [-0.15, -0.1) is 0 Å². The molecule has 2 unspecified atom stereocenters. The topological polar surface area (TPSA) is 32.9 Å². The number of anilines is 1. The van der Waals surface area contributed by atoms with Crippen molar-refractivity contribution in [2.75, 3.05) is 5.01 Å². The molecule has 7 rings (SSSR count). The minimum Gasteiger partial charge on any atom is -0.257 e. The normalized spacial score (nSPS) is 19.1. The number of hydrogen-bond acceptors (Lipinski definition) is 3. The number of fused-ring (bicyclic) bond motifs is 6. The van der Waals surface area contributed by atoms with Crippen LogP contribution in [0.4, 0.5) is 5.69 Å². The fourth-order valence-corrected chi connectivity index (χ4v) is 5.13. The molecule has 0 saturated heterocycles. The zero-order chi connectivity index (χ0) is 21.9. The Labute approximate surface area is 192 Å². The van der Waals surface area contributed by atoms with E-state index in [1.54, 1.807) is 0 Å². The number of aromatic nitrogens is 2. The van der Waals surface area contributed by atoms with Crippen LogP contribution in [-0.4, -0.2) is 21.4 Å². The molecule has 0 radical (unpaired) electrons. The Bertz CT molecular complexity index is 1590. The van der Waals surface area contributed by atoms with E-state index in [1.165, 1.54) is 22.2 Å². The van der Waals surface area contributed by atoms with Gasteiger partial charge in [-0.2, -0.15) is 10.2 Å². The minimum atomic E-state index is 0.265. The van der Waals surface area contributed by atoms with Gasteiger partial charge in [0.1, 0.15) is 0 Å². The van der Waals surface area contributed by atoms with Gasteiger partial charge in [-0.25, -0.2) is 4.52 Å². The molecule has 2 aromatic heterocycles. The van der Waals surface area contributed by atoms with E-state index in [2.05, 4.69) is 115 Å². The quantitative estimate of drug-likeness (QED) is 0.327. The van der Waals surface area contributed by atoms with Crippen molar-refractivity contribution in [2.24, 2.45) is 11.0 Å². The maximum absolute atomic E-state index is 5.05. The third-order valence-electron chi connectivity index (χ3n) is 6.91. The summed E-state index contributed by atoms with van der Waals surface area (Å²) in [6, 6.07) is 32.2. The Hall–Kier alpha value is -4.18. The fraction of sp³-hybridized carbons (Fsp3) is 0.103. The van der Waals surface area contributed by atoms with Crippen molar-refractivity contribution in [3.8, 4) is 11.3 Å². The molecule has 0 spiro atoms. The van der Waals surface area contributed by atoms with Crippen LogP contribution in [0.5, 0.6) is 0 Å². The Morgan fingerprint density at radius 3 is 2.48 bits per heavy atom. The van der Waals surface area contributed by atoms with E-state index in [9.17, 15) is 0 Å². The van der Waals surface area contributed by atoms with Crippen molar-refractivity contribution in [3.05, 3.63) is 108 Å². The first kappa shape index (κ1) is 18.4. The fourth-order valence-electron chi connectivity index (χ4n) is 5.13. The molecule has 5 aromatic rings. The Kier molecular flexibility index (Phi) is 3.85. The van der Waals surface area contributed by atoms with Crippen LogP contribution < -0.4 is 5.01 Å². The Morgan fingerprint density at radius 2 is 1.58 bits per heavy atom. The lowest BCUT2D eigenvalue weighted by Crippen LogP contribution is -2.32. The smallest absolute Gasteiger partial charge is 0.0933 e. The van der Waals surface area contributed by atoms with Gasteiger partial charge in [-0.1, -0.05) is 85.8 Å². The summed E-state index contributed by atoms with van der Waals surface area (Å²) in [6.45, 7) is 2.27. The lowest BCUT2D eigenvalue weighted by molar-refractivity contribution is 0.654. The van der Waals surface area contributed by atoms with Gasteiger partial charge in [0.2, 0.25) is 0 Å². The first-order valence-electron chi connectivity index (χ1n) is 11.4. The maximum atomic E-state index is 5.05. The highest BCUT2D eigenvalue weighted by atomic mass is 15.5. The number of hydrogen-bond donors (Lipinski definition) is 0. The average molecular weight is 427 g/mol. The SMILES string of the molecule is CC1C(c2ccc(-c3cc4ccc5ccccc5n4n3)cc2)=NN2c3ccccc3C=CC12. The van der Waals surface area contributed by atoms with E-state index in [0.717, 1.165) is 28.0 Å². The number of pyridine rings is 1. The number of benzene rings is 3. The van der Waals surface area contributed by atoms with E-state index >= 15 is 0 Å².